The van der Waals surface area contributed by atoms with Crippen LogP contribution in [-0.2, 0) is 0 Å². The molecule has 0 saturated heterocycles. The molecule has 1 rings (SSSR count). The van der Waals surface area contributed by atoms with Gasteiger partial charge in [0.05, 0.1) is 6.61 Å². The zero-order valence-corrected chi connectivity index (χ0v) is 12.2. The highest BCUT2D eigenvalue weighted by Crippen LogP contribution is 2.24. The van der Waals surface area contributed by atoms with Crippen molar-refractivity contribution in [3.05, 3.63) is 0 Å². The van der Waals surface area contributed by atoms with Gasteiger partial charge in [0, 0.05) is 5.54 Å². The van der Waals surface area contributed by atoms with Gasteiger partial charge in [-0.1, -0.05) is 20.8 Å². The van der Waals surface area contributed by atoms with Crippen LogP contribution in [0.25, 0.3) is 0 Å². The molecule has 1 aromatic heterocycles. The molecule has 0 aromatic carbocycles. The molecule has 0 radical (unpaired) electrons. The monoisotopic (exact) mass is 268 g/mol. The summed E-state index contributed by atoms with van der Waals surface area (Å²) in [7, 11) is 0. The van der Waals surface area contributed by atoms with Crippen molar-refractivity contribution in [1.29, 1.82) is 0 Å². The molecule has 0 saturated carbocycles. The SMILES string of the molecule is CCOc1nc(NN)nc(NC(CC)(CC)CC)n1. The van der Waals surface area contributed by atoms with Crippen molar-refractivity contribution >= 4 is 11.9 Å². The predicted molar refractivity (Wildman–Crippen MR) is 76.0 cm³/mol. The first-order valence-electron chi connectivity index (χ1n) is 6.76. The van der Waals surface area contributed by atoms with Crippen LogP contribution < -0.4 is 21.3 Å². The van der Waals surface area contributed by atoms with E-state index in [0.717, 1.165) is 19.3 Å². The highest BCUT2D eigenvalue weighted by atomic mass is 16.5. The molecule has 7 nitrogen and oxygen atoms in total. The molecule has 0 aliphatic heterocycles. The number of anilines is 2. The average molecular weight is 268 g/mol. The van der Waals surface area contributed by atoms with Crippen LogP contribution in [0.15, 0.2) is 0 Å². The summed E-state index contributed by atoms with van der Waals surface area (Å²) in [6.45, 7) is 8.81. The Balaban J connectivity index is 3.01. The van der Waals surface area contributed by atoms with Crippen LogP contribution >= 0.6 is 0 Å². The molecule has 0 amide bonds. The molecule has 4 N–H and O–H groups in total. The number of rotatable bonds is 8. The second-order valence-electron chi connectivity index (χ2n) is 4.31. The van der Waals surface area contributed by atoms with Crippen LogP contribution in [0.1, 0.15) is 47.0 Å². The van der Waals surface area contributed by atoms with Gasteiger partial charge in [0.2, 0.25) is 11.9 Å². The Hall–Kier alpha value is -1.63. The highest BCUT2D eigenvalue weighted by molar-refractivity contribution is 5.37. The van der Waals surface area contributed by atoms with E-state index in [9.17, 15) is 0 Å². The van der Waals surface area contributed by atoms with Crippen LogP contribution in [-0.4, -0.2) is 27.1 Å². The third-order valence-electron chi connectivity index (χ3n) is 3.42. The van der Waals surface area contributed by atoms with Crippen molar-refractivity contribution < 1.29 is 4.74 Å². The second kappa shape index (κ2) is 7.08. The Morgan fingerprint density at radius 1 is 1.00 bits per heavy atom. The largest absolute Gasteiger partial charge is 0.464 e. The molecule has 1 heterocycles. The van der Waals surface area contributed by atoms with Gasteiger partial charge in [-0.15, -0.1) is 0 Å². The lowest BCUT2D eigenvalue weighted by molar-refractivity contribution is 0.311. The fourth-order valence-electron chi connectivity index (χ4n) is 1.92. The molecule has 0 atom stereocenters. The molecule has 7 heteroatoms. The van der Waals surface area contributed by atoms with Crippen molar-refractivity contribution in [2.24, 2.45) is 5.84 Å². The Kier molecular flexibility index (Phi) is 5.75. The summed E-state index contributed by atoms with van der Waals surface area (Å²) in [4.78, 5) is 12.5. The maximum absolute atomic E-state index is 5.36. The summed E-state index contributed by atoms with van der Waals surface area (Å²) in [6.07, 6.45) is 2.96. The van der Waals surface area contributed by atoms with Gasteiger partial charge in [-0.25, -0.2) is 5.84 Å². The number of aromatic nitrogens is 3. The maximum Gasteiger partial charge on any atom is 0.323 e. The van der Waals surface area contributed by atoms with Gasteiger partial charge in [0.15, 0.2) is 0 Å². The van der Waals surface area contributed by atoms with Gasteiger partial charge in [0.1, 0.15) is 0 Å². The first-order chi connectivity index (χ1) is 9.12. The van der Waals surface area contributed by atoms with Gasteiger partial charge < -0.3 is 10.1 Å². The number of hydrogen-bond acceptors (Lipinski definition) is 7. The molecule has 0 unspecified atom stereocenters. The van der Waals surface area contributed by atoms with E-state index in [1.807, 2.05) is 6.92 Å². The Morgan fingerprint density at radius 3 is 2.05 bits per heavy atom. The molecule has 0 bridgehead atoms. The van der Waals surface area contributed by atoms with Gasteiger partial charge in [-0.3, -0.25) is 5.43 Å². The summed E-state index contributed by atoms with van der Waals surface area (Å²) in [5.41, 5.74) is 2.41. The number of nitrogen functional groups attached to an aromatic ring is 1. The van der Waals surface area contributed by atoms with Crippen molar-refractivity contribution in [2.75, 3.05) is 17.3 Å². The number of nitrogens with one attached hydrogen (secondary N) is 2. The average Bonchev–Trinajstić information content (AvgIpc) is 2.45. The zero-order valence-electron chi connectivity index (χ0n) is 12.2. The van der Waals surface area contributed by atoms with Crippen LogP contribution in [0.5, 0.6) is 6.01 Å². The van der Waals surface area contributed by atoms with Crippen LogP contribution in [0.4, 0.5) is 11.9 Å². The van der Waals surface area contributed by atoms with Crippen LogP contribution in [0.3, 0.4) is 0 Å². The van der Waals surface area contributed by atoms with Crippen LogP contribution in [0.2, 0.25) is 0 Å². The summed E-state index contributed by atoms with van der Waals surface area (Å²) >= 11 is 0. The molecule has 0 fully saturated rings. The maximum atomic E-state index is 5.36. The number of hydrazine groups is 1. The van der Waals surface area contributed by atoms with E-state index in [2.05, 4.69) is 46.5 Å². The lowest BCUT2D eigenvalue weighted by atomic mass is 9.90. The Morgan fingerprint density at radius 2 is 1.58 bits per heavy atom. The van der Waals surface area contributed by atoms with Crippen molar-refractivity contribution in [2.45, 2.75) is 52.5 Å². The minimum atomic E-state index is -0.0172. The van der Waals surface area contributed by atoms with Gasteiger partial charge in [-0.2, -0.15) is 15.0 Å². The topological polar surface area (TPSA) is 98.0 Å². The molecule has 0 aliphatic rings. The van der Waals surface area contributed by atoms with Gasteiger partial charge >= 0.3 is 6.01 Å². The quantitative estimate of drug-likeness (QED) is 0.489. The van der Waals surface area contributed by atoms with Crippen LogP contribution in [0, 0.1) is 0 Å². The van der Waals surface area contributed by atoms with E-state index < -0.39 is 0 Å². The highest BCUT2D eigenvalue weighted by Gasteiger charge is 2.25. The molecule has 108 valence electrons. The van der Waals surface area contributed by atoms with E-state index in [1.165, 1.54) is 0 Å². The van der Waals surface area contributed by atoms with E-state index in [0.29, 0.717) is 12.6 Å². The summed E-state index contributed by atoms with van der Waals surface area (Å²) in [6, 6.07) is 0.269. The smallest absolute Gasteiger partial charge is 0.323 e. The number of nitrogens with two attached hydrogens (primary N) is 1. The summed E-state index contributed by atoms with van der Waals surface area (Å²) in [5.74, 6) is 6.13. The number of hydrogen-bond donors (Lipinski definition) is 3. The molecule has 19 heavy (non-hydrogen) atoms. The first kappa shape index (κ1) is 15.4. The molecule has 1 aromatic rings. The summed E-state index contributed by atoms with van der Waals surface area (Å²) in [5, 5.41) is 3.38. The third kappa shape index (κ3) is 3.92. The first-order valence-corrected chi connectivity index (χ1v) is 6.76. The normalized spacial score (nSPS) is 11.2. The third-order valence-corrected chi connectivity index (χ3v) is 3.42. The lowest BCUT2D eigenvalue weighted by Gasteiger charge is -2.31. The standard InChI is InChI=1S/C12H24N6O/c1-5-12(6-2,7-3)17-9-14-10(18-13)16-11(15-9)19-8-4/h5-8,13H2,1-4H3,(H2,14,15,16,17,18). The lowest BCUT2D eigenvalue weighted by Crippen LogP contribution is -2.37. The summed E-state index contributed by atoms with van der Waals surface area (Å²) < 4.78 is 5.31. The Bertz CT molecular complexity index is 386. The zero-order chi connectivity index (χ0) is 14.3. The minimum absolute atomic E-state index is 0.0172. The fourth-order valence-corrected chi connectivity index (χ4v) is 1.92. The van der Waals surface area contributed by atoms with Crippen molar-refractivity contribution in [3.63, 3.8) is 0 Å². The van der Waals surface area contributed by atoms with E-state index >= 15 is 0 Å². The number of nitrogens with zero attached hydrogens (tertiary/aromatic N) is 3. The van der Waals surface area contributed by atoms with Gasteiger partial charge in [0.25, 0.3) is 0 Å². The van der Waals surface area contributed by atoms with Gasteiger partial charge in [-0.05, 0) is 26.2 Å². The minimum Gasteiger partial charge on any atom is -0.464 e. The molecule has 0 aliphatic carbocycles. The van der Waals surface area contributed by atoms with E-state index in [4.69, 9.17) is 10.6 Å². The Labute approximate surface area is 114 Å². The fraction of sp³-hybridized carbons (Fsp3) is 0.750. The predicted octanol–water partition coefficient (Wildman–Crippen LogP) is 1.94. The second-order valence-corrected chi connectivity index (χ2v) is 4.31. The molecular weight excluding hydrogens is 244 g/mol. The molecule has 0 spiro atoms. The van der Waals surface area contributed by atoms with Crippen molar-refractivity contribution in [3.8, 4) is 6.01 Å². The van der Waals surface area contributed by atoms with E-state index in [1.54, 1.807) is 0 Å². The molecular formula is C12H24N6O. The van der Waals surface area contributed by atoms with Crippen molar-refractivity contribution in [1.82, 2.24) is 15.0 Å². The number of ether oxygens (including phenoxy) is 1. The van der Waals surface area contributed by atoms with E-state index in [-0.39, 0.29) is 17.5 Å².